The first kappa shape index (κ1) is 19.2. The van der Waals surface area contributed by atoms with Gasteiger partial charge in [0.2, 0.25) is 0 Å². The van der Waals surface area contributed by atoms with Gasteiger partial charge in [-0.2, -0.15) is 0 Å². The molecule has 0 atom stereocenters. The molecule has 1 saturated carbocycles. The Morgan fingerprint density at radius 2 is 1.79 bits per heavy atom. The fourth-order valence-corrected chi connectivity index (χ4v) is 5.03. The second-order valence-electron chi connectivity index (χ2n) is 6.79. The molecule has 0 amide bonds. The lowest BCUT2D eigenvalue weighted by Gasteiger charge is -2.23. The van der Waals surface area contributed by atoms with Crippen LogP contribution in [0.15, 0.2) is 9.98 Å². The quantitative estimate of drug-likeness (QED) is 0.575. The summed E-state index contributed by atoms with van der Waals surface area (Å²) < 4.78 is 0. The lowest BCUT2D eigenvalue weighted by molar-refractivity contribution is 0.349. The second-order valence-corrected chi connectivity index (χ2v) is 8.10. The van der Waals surface area contributed by atoms with Gasteiger partial charge >= 0.3 is 0 Å². The smallest absolute Gasteiger partial charge is 0.157 e. The lowest BCUT2D eigenvalue weighted by Crippen LogP contribution is -2.18. The highest BCUT2D eigenvalue weighted by atomic mass is 32.1. The van der Waals surface area contributed by atoms with Crippen LogP contribution in [-0.2, 0) is 12.8 Å². The third kappa shape index (κ3) is 4.47. The molecule has 1 aromatic heterocycles. The van der Waals surface area contributed by atoms with E-state index in [-0.39, 0.29) is 0 Å². The van der Waals surface area contributed by atoms with Gasteiger partial charge in [0.1, 0.15) is 0 Å². The Hall–Kier alpha value is -1.16. The highest BCUT2D eigenvalue weighted by Crippen LogP contribution is 2.35. The van der Waals surface area contributed by atoms with E-state index in [2.05, 4.69) is 18.8 Å². The van der Waals surface area contributed by atoms with Gasteiger partial charge in [-0.15, -0.1) is 11.3 Å². The van der Waals surface area contributed by atoms with Crippen molar-refractivity contribution in [1.29, 1.82) is 0 Å². The van der Waals surface area contributed by atoms with E-state index >= 15 is 0 Å². The Morgan fingerprint density at radius 1 is 1.12 bits per heavy atom. The zero-order valence-electron chi connectivity index (χ0n) is 15.8. The Balaban J connectivity index is 0.00000100. The summed E-state index contributed by atoms with van der Waals surface area (Å²) in [7, 11) is 0. The summed E-state index contributed by atoms with van der Waals surface area (Å²) in [5.41, 5.74) is 8.41. The average Bonchev–Trinajstić information content (AvgIpc) is 2.94. The predicted molar refractivity (Wildman–Crippen MR) is 108 cm³/mol. The maximum Gasteiger partial charge on any atom is 0.157 e. The average molecular weight is 348 g/mol. The van der Waals surface area contributed by atoms with Gasteiger partial charge in [-0.25, -0.2) is 4.99 Å². The van der Waals surface area contributed by atoms with Gasteiger partial charge in [-0.1, -0.05) is 20.8 Å². The molecule has 134 valence electrons. The van der Waals surface area contributed by atoms with Crippen LogP contribution in [0.3, 0.4) is 0 Å². The molecule has 2 N–H and O–H groups in total. The molecule has 0 aliphatic heterocycles. The minimum atomic E-state index is 0.424. The van der Waals surface area contributed by atoms with Gasteiger partial charge in [0.25, 0.3) is 0 Å². The molecule has 0 bridgehead atoms. The van der Waals surface area contributed by atoms with Crippen molar-refractivity contribution in [3.63, 3.8) is 0 Å². The second kappa shape index (κ2) is 9.36. The SMILES string of the molecule is CC.Cc1sc2c(c1C(N=CN)=NC1CCC(C)CC1)CCCC2. The zero-order chi connectivity index (χ0) is 17.5. The maximum atomic E-state index is 5.62. The monoisotopic (exact) mass is 347 g/mol. The highest BCUT2D eigenvalue weighted by molar-refractivity contribution is 7.12. The molecule has 1 fully saturated rings. The van der Waals surface area contributed by atoms with Crippen LogP contribution in [0, 0.1) is 12.8 Å². The van der Waals surface area contributed by atoms with Crippen LogP contribution >= 0.6 is 11.3 Å². The number of rotatable bonds is 2. The molecular formula is C20H33N3S. The molecular weight excluding hydrogens is 314 g/mol. The molecule has 2 aliphatic carbocycles. The number of nitrogens with zero attached hydrogens (tertiary/aromatic N) is 2. The van der Waals surface area contributed by atoms with Crippen LogP contribution in [0.1, 0.15) is 80.2 Å². The normalized spacial score (nSPS) is 24.4. The number of aliphatic imine (C=N–C) groups is 2. The Kier molecular flexibility index (Phi) is 7.47. The number of amidine groups is 1. The number of thiophene rings is 1. The third-order valence-electron chi connectivity index (χ3n) is 5.06. The fraction of sp³-hybridized carbons (Fsp3) is 0.700. The molecule has 3 rings (SSSR count). The highest BCUT2D eigenvalue weighted by Gasteiger charge is 2.24. The number of nitrogens with two attached hydrogens (primary N) is 1. The van der Waals surface area contributed by atoms with Gasteiger partial charge in [-0.3, -0.25) is 4.99 Å². The molecule has 1 aromatic rings. The van der Waals surface area contributed by atoms with Gasteiger partial charge < -0.3 is 5.73 Å². The van der Waals surface area contributed by atoms with E-state index in [9.17, 15) is 0 Å². The summed E-state index contributed by atoms with van der Waals surface area (Å²) in [5, 5.41) is 0. The summed E-state index contributed by atoms with van der Waals surface area (Å²) >= 11 is 1.94. The van der Waals surface area contributed by atoms with Crippen molar-refractivity contribution in [3.05, 3.63) is 20.9 Å². The third-order valence-corrected chi connectivity index (χ3v) is 6.27. The van der Waals surface area contributed by atoms with Gasteiger partial charge in [0.15, 0.2) is 5.84 Å². The van der Waals surface area contributed by atoms with E-state index in [1.165, 1.54) is 73.7 Å². The largest absolute Gasteiger partial charge is 0.390 e. The van der Waals surface area contributed by atoms with Gasteiger partial charge in [-0.05, 0) is 69.8 Å². The van der Waals surface area contributed by atoms with Crippen molar-refractivity contribution >= 4 is 23.5 Å². The molecule has 4 heteroatoms. The Labute approximate surface area is 151 Å². The summed E-state index contributed by atoms with van der Waals surface area (Å²) in [6.07, 6.45) is 11.4. The van der Waals surface area contributed by atoms with Gasteiger partial charge in [0, 0.05) is 15.3 Å². The van der Waals surface area contributed by atoms with E-state index in [1.807, 2.05) is 25.2 Å². The Bertz CT molecular complexity index is 578. The first-order chi connectivity index (χ1) is 11.7. The first-order valence-electron chi connectivity index (χ1n) is 9.62. The van der Waals surface area contributed by atoms with Crippen molar-refractivity contribution in [2.45, 2.75) is 85.1 Å². The fourth-order valence-electron chi connectivity index (χ4n) is 3.77. The molecule has 1 heterocycles. The molecule has 0 spiro atoms. The van der Waals surface area contributed by atoms with Crippen LogP contribution in [-0.4, -0.2) is 18.2 Å². The summed E-state index contributed by atoms with van der Waals surface area (Å²) in [4.78, 5) is 12.4. The van der Waals surface area contributed by atoms with Gasteiger partial charge in [0.05, 0.1) is 12.4 Å². The molecule has 2 aliphatic rings. The van der Waals surface area contributed by atoms with E-state index in [4.69, 9.17) is 10.7 Å². The lowest BCUT2D eigenvalue weighted by atomic mass is 9.87. The number of aryl methyl sites for hydroxylation is 2. The van der Waals surface area contributed by atoms with Crippen LogP contribution in [0.25, 0.3) is 0 Å². The van der Waals surface area contributed by atoms with Crippen LogP contribution < -0.4 is 5.73 Å². The summed E-state index contributed by atoms with van der Waals surface area (Å²) in [5.74, 6) is 1.74. The summed E-state index contributed by atoms with van der Waals surface area (Å²) in [6, 6.07) is 0.424. The molecule has 3 nitrogen and oxygen atoms in total. The molecule has 0 aromatic carbocycles. The van der Waals surface area contributed by atoms with E-state index in [0.717, 1.165) is 11.8 Å². The predicted octanol–water partition coefficient (Wildman–Crippen LogP) is 5.27. The molecule has 0 radical (unpaired) electrons. The topological polar surface area (TPSA) is 50.7 Å². The van der Waals surface area contributed by atoms with Crippen molar-refractivity contribution < 1.29 is 0 Å². The van der Waals surface area contributed by atoms with Crippen molar-refractivity contribution in [1.82, 2.24) is 0 Å². The summed E-state index contributed by atoms with van der Waals surface area (Å²) in [6.45, 7) is 8.56. The van der Waals surface area contributed by atoms with E-state index < -0.39 is 0 Å². The zero-order valence-corrected chi connectivity index (χ0v) is 16.6. The minimum Gasteiger partial charge on any atom is -0.390 e. The Morgan fingerprint density at radius 3 is 2.46 bits per heavy atom. The van der Waals surface area contributed by atoms with Crippen molar-refractivity contribution in [3.8, 4) is 0 Å². The van der Waals surface area contributed by atoms with E-state index in [1.54, 1.807) is 4.88 Å². The molecule has 0 unspecified atom stereocenters. The number of fused-ring (bicyclic) bond motifs is 1. The van der Waals surface area contributed by atoms with Crippen molar-refractivity contribution in [2.75, 3.05) is 0 Å². The van der Waals surface area contributed by atoms with Crippen LogP contribution in [0.2, 0.25) is 0 Å². The van der Waals surface area contributed by atoms with E-state index in [0.29, 0.717) is 6.04 Å². The van der Waals surface area contributed by atoms with Crippen LogP contribution in [0.5, 0.6) is 0 Å². The minimum absolute atomic E-state index is 0.424. The molecule has 0 saturated heterocycles. The number of hydrogen-bond acceptors (Lipinski definition) is 2. The standard InChI is InChI=1S/C18H27N3S.C2H6/c1-12-7-9-14(10-8-12)21-18(20-11-19)17-13(2)22-16-6-4-3-5-15(16)17;1-2/h11-12,14H,3-10H2,1-2H3,(H2,19,20,21);1-2H3. The first-order valence-corrected chi connectivity index (χ1v) is 10.4. The maximum absolute atomic E-state index is 5.62. The van der Waals surface area contributed by atoms with Crippen LogP contribution in [0.4, 0.5) is 0 Å². The van der Waals surface area contributed by atoms with Crippen molar-refractivity contribution in [2.24, 2.45) is 21.6 Å². The molecule has 24 heavy (non-hydrogen) atoms. The number of hydrogen-bond donors (Lipinski definition) is 1.